The van der Waals surface area contributed by atoms with Crippen molar-refractivity contribution in [3.63, 3.8) is 0 Å². The molecule has 2 amide bonds. The number of hydrogen-bond donors (Lipinski definition) is 3. The van der Waals surface area contributed by atoms with Crippen LogP contribution in [0.25, 0.3) is 0 Å². The molecular weight excluding hydrogens is 260 g/mol. The van der Waals surface area contributed by atoms with E-state index >= 15 is 0 Å². The number of aliphatic carboxylic acids is 1. The molecule has 0 saturated heterocycles. The quantitative estimate of drug-likeness (QED) is 0.691. The SMILES string of the molecule is O=C(O)CCCCNC(=O)NC1COc2ccccc21. The third-order valence-electron chi connectivity index (χ3n) is 3.11. The molecule has 3 N–H and O–H groups in total. The van der Waals surface area contributed by atoms with Gasteiger partial charge in [0, 0.05) is 18.5 Å². The zero-order valence-corrected chi connectivity index (χ0v) is 11.1. The molecule has 20 heavy (non-hydrogen) atoms. The van der Waals surface area contributed by atoms with Gasteiger partial charge in [-0.2, -0.15) is 0 Å². The lowest BCUT2D eigenvalue weighted by atomic mass is 10.1. The van der Waals surface area contributed by atoms with Gasteiger partial charge in [-0.1, -0.05) is 18.2 Å². The third kappa shape index (κ3) is 3.88. The van der Waals surface area contributed by atoms with Crippen LogP contribution in [-0.4, -0.2) is 30.3 Å². The van der Waals surface area contributed by atoms with Gasteiger partial charge in [0.2, 0.25) is 0 Å². The fraction of sp³-hybridized carbons (Fsp3) is 0.429. The van der Waals surface area contributed by atoms with Gasteiger partial charge in [-0.05, 0) is 18.9 Å². The minimum absolute atomic E-state index is 0.132. The average molecular weight is 278 g/mol. The zero-order valence-electron chi connectivity index (χ0n) is 11.1. The normalized spacial score (nSPS) is 16.1. The van der Waals surface area contributed by atoms with Crippen LogP contribution < -0.4 is 15.4 Å². The van der Waals surface area contributed by atoms with E-state index in [9.17, 15) is 9.59 Å². The lowest BCUT2D eigenvalue weighted by molar-refractivity contribution is -0.137. The molecule has 2 rings (SSSR count). The first-order chi connectivity index (χ1) is 9.66. The Morgan fingerprint density at radius 1 is 1.30 bits per heavy atom. The van der Waals surface area contributed by atoms with Gasteiger partial charge < -0.3 is 20.5 Å². The molecule has 1 aromatic rings. The van der Waals surface area contributed by atoms with Gasteiger partial charge in [0.05, 0.1) is 6.04 Å². The molecule has 1 atom stereocenters. The van der Waals surface area contributed by atoms with Crippen molar-refractivity contribution < 1.29 is 19.4 Å². The van der Waals surface area contributed by atoms with Crippen LogP contribution in [0.15, 0.2) is 24.3 Å². The minimum atomic E-state index is -0.811. The Kier molecular flexibility index (Phi) is 4.81. The molecule has 0 radical (unpaired) electrons. The number of carbonyl (C=O) groups is 2. The molecule has 1 heterocycles. The van der Waals surface area contributed by atoms with E-state index in [0.717, 1.165) is 11.3 Å². The van der Waals surface area contributed by atoms with E-state index in [1.807, 2.05) is 24.3 Å². The van der Waals surface area contributed by atoms with Gasteiger partial charge in [0.15, 0.2) is 0 Å². The maximum atomic E-state index is 11.7. The van der Waals surface area contributed by atoms with Crippen molar-refractivity contribution >= 4 is 12.0 Å². The molecule has 6 heteroatoms. The van der Waals surface area contributed by atoms with Crippen molar-refractivity contribution in [1.29, 1.82) is 0 Å². The Hall–Kier alpha value is -2.24. The number of urea groups is 1. The van der Waals surface area contributed by atoms with E-state index in [4.69, 9.17) is 9.84 Å². The summed E-state index contributed by atoms with van der Waals surface area (Å²) in [6.45, 7) is 0.903. The van der Waals surface area contributed by atoms with E-state index in [-0.39, 0.29) is 18.5 Å². The Morgan fingerprint density at radius 2 is 2.10 bits per heavy atom. The summed E-state index contributed by atoms with van der Waals surface area (Å²) in [6, 6.07) is 7.22. The van der Waals surface area contributed by atoms with Crippen LogP contribution in [0.2, 0.25) is 0 Å². The maximum Gasteiger partial charge on any atom is 0.315 e. The number of hydrogen-bond acceptors (Lipinski definition) is 3. The lowest BCUT2D eigenvalue weighted by Gasteiger charge is -2.12. The standard InChI is InChI=1S/C14H18N2O4/c17-13(18)7-3-4-8-15-14(19)16-11-9-20-12-6-2-1-5-10(11)12/h1-2,5-6,11H,3-4,7-9H2,(H,17,18)(H2,15,16,19). The van der Waals surface area contributed by atoms with Crippen molar-refractivity contribution in [2.45, 2.75) is 25.3 Å². The molecule has 0 aromatic heterocycles. The number of para-hydroxylation sites is 1. The van der Waals surface area contributed by atoms with Crippen LogP contribution in [0.4, 0.5) is 4.79 Å². The Bertz CT molecular complexity index is 490. The highest BCUT2D eigenvalue weighted by Gasteiger charge is 2.24. The van der Waals surface area contributed by atoms with Gasteiger partial charge in [0.1, 0.15) is 12.4 Å². The Morgan fingerprint density at radius 3 is 2.90 bits per heavy atom. The number of rotatable bonds is 6. The second-order valence-corrected chi connectivity index (χ2v) is 4.65. The summed E-state index contributed by atoms with van der Waals surface area (Å²) in [5.41, 5.74) is 0.980. The molecule has 0 aliphatic carbocycles. The number of unbranched alkanes of at least 4 members (excludes halogenated alkanes) is 1. The topological polar surface area (TPSA) is 87.7 Å². The van der Waals surface area contributed by atoms with Crippen LogP contribution in [0.1, 0.15) is 30.9 Å². The number of amides is 2. The number of nitrogens with one attached hydrogen (secondary N) is 2. The molecule has 1 aliphatic heterocycles. The number of benzene rings is 1. The summed E-state index contributed by atoms with van der Waals surface area (Å²) >= 11 is 0. The maximum absolute atomic E-state index is 11.7. The summed E-state index contributed by atoms with van der Waals surface area (Å²) < 4.78 is 5.47. The van der Waals surface area contributed by atoms with Crippen molar-refractivity contribution in [2.24, 2.45) is 0 Å². The van der Waals surface area contributed by atoms with Gasteiger partial charge in [-0.15, -0.1) is 0 Å². The highest BCUT2D eigenvalue weighted by Crippen LogP contribution is 2.31. The smallest absolute Gasteiger partial charge is 0.315 e. The zero-order chi connectivity index (χ0) is 14.4. The Balaban J connectivity index is 1.69. The van der Waals surface area contributed by atoms with E-state index in [2.05, 4.69) is 10.6 Å². The van der Waals surface area contributed by atoms with Gasteiger partial charge in [-0.3, -0.25) is 4.79 Å². The van der Waals surface area contributed by atoms with E-state index < -0.39 is 5.97 Å². The summed E-state index contributed by atoms with van der Waals surface area (Å²) in [7, 11) is 0. The number of carboxylic acids is 1. The Labute approximate surface area is 117 Å². The second kappa shape index (κ2) is 6.79. The summed E-state index contributed by atoms with van der Waals surface area (Å²) in [5.74, 6) is -0.00609. The summed E-state index contributed by atoms with van der Waals surface area (Å²) in [4.78, 5) is 22.0. The first kappa shape index (κ1) is 14.2. The number of carboxylic acid groups (broad SMARTS) is 1. The predicted octanol–water partition coefficient (Wildman–Crippen LogP) is 1.67. The minimum Gasteiger partial charge on any atom is -0.491 e. The van der Waals surface area contributed by atoms with Crippen LogP contribution in [0.5, 0.6) is 5.75 Å². The number of carbonyl (C=O) groups excluding carboxylic acids is 1. The molecule has 1 aliphatic rings. The third-order valence-corrected chi connectivity index (χ3v) is 3.11. The number of ether oxygens (including phenoxy) is 1. The molecule has 1 aromatic carbocycles. The van der Waals surface area contributed by atoms with Crippen LogP contribution in [0, 0.1) is 0 Å². The summed E-state index contributed by atoms with van der Waals surface area (Å²) in [5, 5.41) is 14.1. The predicted molar refractivity (Wildman–Crippen MR) is 72.7 cm³/mol. The van der Waals surface area contributed by atoms with E-state index in [0.29, 0.717) is 26.0 Å². The molecule has 1 unspecified atom stereocenters. The molecule has 0 fully saturated rings. The van der Waals surface area contributed by atoms with Crippen LogP contribution in [-0.2, 0) is 4.79 Å². The number of fused-ring (bicyclic) bond motifs is 1. The molecule has 0 saturated carbocycles. The van der Waals surface area contributed by atoms with Gasteiger partial charge in [-0.25, -0.2) is 4.79 Å². The van der Waals surface area contributed by atoms with Gasteiger partial charge in [0.25, 0.3) is 0 Å². The largest absolute Gasteiger partial charge is 0.491 e. The summed E-state index contributed by atoms with van der Waals surface area (Å²) in [6.07, 6.45) is 1.34. The molecule has 0 spiro atoms. The van der Waals surface area contributed by atoms with Crippen molar-refractivity contribution in [1.82, 2.24) is 10.6 Å². The highest BCUT2D eigenvalue weighted by atomic mass is 16.5. The van der Waals surface area contributed by atoms with Crippen LogP contribution >= 0.6 is 0 Å². The van der Waals surface area contributed by atoms with Crippen LogP contribution in [0.3, 0.4) is 0 Å². The molecule has 108 valence electrons. The van der Waals surface area contributed by atoms with Crippen molar-refractivity contribution in [2.75, 3.05) is 13.2 Å². The first-order valence-corrected chi connectivity index (χ1v) is 6.64. The second-order valence-electron chi connectivity index (χ2n) is 4.65. The molecular formula is C14H18N2O4. The van der Waals surface area contributed by atoms with E-state index in [1.165, 1.54) is 0 Å². The van der Waals surface area contributed by atoms with Gasteiger partial charge >= 0.3 is 12.0 Å². The lowest BCUT2D eigenvalue weighted by Crippen LogP contribution is -2.38. The fourth-order valence-corrected chi connectivity index (χ4v) is 2.09. The fourth-order valence-electron chi connectivity index (χ4n) is 2.09. The van der Waals surface area contributed by atoms with Crippen molar-refractivity contribution in [3.8, 4) is 5.75 Å². The van der Waals surface area contributed by atoms with Crippen molar-refractivity contribution in [3.05, 3.63) is 29.8 Å². The monoisotopic (exact) mass is 278 g/mol. The highest BCUT2D eigenvalue weighted by molar-refractivity contribution is 5.74. The average Bonchev–Trinajstić information content (AvgIpc) is 2.81. The molecule has 0 bridgehead atoms. The first-order valence-electron chi connectivity index (χ1n) is 6.64. The van der Waals surface area contributed by atoms with E-state index in [1.54, 1.807) is 0 Å². The molecule has 6 nitrogen and oxygen atoms in total.